The van der Waals surface area contributed by atoms with Gasteiger partial charge in [-0.25, -0.2) is 13.8 Å². The lowest BCUT2D eigenvalue weighted by Crippen LogP contribution is -2.51. The molecule has 0 aromatic carbocycles. The summed E-state index contributed by atoms with van der Waals surface area (Å²) in [4.78, 5) is 7.40. The third kappa shape index (κ3) is 3.65. The number of piperazine rings is 1. The molecule has 120 valence electrons. The Morgan fingerprint density at radius 3 is 2.45 bits per heavy atom. The van der Waals surface area contributed by atoms with Gasteiger partial charge in [-0.2, -0.15) is 14.0 Å². The number of aryl methyl sites for hydroxylation is 1. The van der Waals surface area contributed by atoms with Gasteiger partial charge < -0.3 is 4.90 Å². The Labute approximate surface area is 126 Å². The second-order valence-corrected chi connectivity index (χ2v) is 5.27. The molecule has 0 atom stereocenters. The number of alkyl halides is 4. The van der Waals surface area contributed by atoms with Crippen molar-refractivity contribution in [3.63, 3.8) is 0 Å². The molecule has 0 bridgehead atoms. The minimum absolute atomic E-state index is 0.250. The maximum atomic E-state index is 13.0. The number of hydrogen-bond donors (Lipinski definition) is 0. The van der Waals surface area contributed by atoms with E-state index in [-0.39, 0.29) is 13.1 Å². The number of pyridine rings is 1. The monoisotopic (exact) mass is 316 g/mol. The molecular formula is C14H16F4N4. The highest BCUT2D eigenvalue weighted by Gasteiger charge is 2.42. The number of rotatable bonds is 4. The first-order valence-corrected chi connectivity index (χ1v) is 6.84. The van der Waals surface area contributed by atoms with Gasteiger partial charge >= 0.3 is 12.3 Å². The zero-order valence-electron chi connectivity index (χ0n) is 12.1. The second kappa shape index (κ2) is 6.48. The van der Waals surface area contributed by atoms with Crippen LogP contribution < -0.4 is 4.90 Å². The van der Waals surface area contributed by atoms with E-state index in [0.29, 0.717) is 24.6 Å². The highest BCUT2D eigenvalue weighted by molar-refractivity contribution is 5.45. The maximum absolute atomic E-state index is 13.0. The smallest absolute Gasteiger partial charge is 0.319 e. The van der Waals surface area contributed by atoms with E-state index >= 15 is 0 Å². The first-order chi connectivity index (χ1) is 10.3. The van der Waals surface area contributed by atoms with Gasteiger partial charge in [-0.3, -0.25) is 4.90 Å². The molecule has 2 rings (SSSR count). The summed E-state index contributed by atoms with van der Waals surface area (Å²) in [5.74, 6) is -3.39. The Balaban J connectivity index is 1.97. The third-order valence-electron chi connectivity index (χ3n) is 3.64. The van der Waals surface area contributed by atoms with Crippen LogP contribution in [0.25, 0.3) is 0 Å². The summed E-state index contributed by atoms with van der Waals surface area (Å²) in [5.41, 5.74) is 1.09. The van der Waals surface area contributed by atoms with Crippen molar-refractivity contribution < 1.29 is 17.6 Å². The molecule has 0 amide bonds. The summed E-state index contributed by atoms with van der Waals surface area (Å²) in [5, 5.41) is 8.97. The predicted molar refractivity (Wildman–Crippen MR) is 73.3 cm³/mol. The Hall–Kier alpha value is -1.88. The fourth-order valence-electron chi connectivity index (χ4n) is 2.31. The van der Waals surface area contributed by atoms with E-state index in [1.165, 1.54) is 4.90 Å². The molecule has 1 aliphatic rings. The van der Waals surface area contributed by atoms with Crippen molar-refractivity contribution >= 4 is 5.82 Å². The van der Waals surface area contributed by atoms with E-state index in [2.05, 4.69) is 4.98 Å². The van der Waals surface area contributed by atoms with Crippen molar-refractivity contribution in [1.82, 2.24) is 9.88 Å². The van der Waals surface area contributed by atoms with Crippen LogP contribution in [0.15, 0.2) is 12.1 Å². The van der Waals surface area contributed by atoms with Gasteiger partial charge in [0.1, 0.15) is 17.6 Å². The Bertz CT molecular complexity index is 562. The number of nitrogens with zero attached hydrogens (tertiary/aromatic N) is 4. The van der Waals surface area contributed by atoms with Crippen molar-refractivity contribution in [3.05, 3.63) is 23.4 Å². The van der Waals surface area contributed by atoms with Gasteiger partial charge in [0.25, 0.3) is 0 Å². The van der Waals surface area contributed by atoms with E-state index in [1.807, 2.05) is 11.0 Å². The van der Waals surface area contributed by atoms with Gasteiger partial charge in [-0.15, -0.1) is 0 Å². The molecule has 8 heteroatoms. The highest BCUT2D eigenvalue weighted by atomic mass is 19.3. The third-order valence-corrected chi connectivity index (χ3v) is 3.64. The highest BCUT2D eigenvalue weighted by Crippen LogP contribution is 2.25. The zero-order chi connectivity index (χ0) is 16.3. The molecule has 4 nitrogen and oxygen atoms in total. The minimum Gasteiger partial charge on any atom is -0.354 e. The molecule has 2 heterocycles. The van der Waals surface area contributed by atoms with Crippen LogP contribution in [0.1, 0.15) is 11.3 Å². The van der Waals surface area contributed by atoms with Crippen molar-refractivity contribution in [2.75, 3.05) is 37.6 Å². The van der Waals surface area contributed by atoms with Gasteiger partial charge in [0.05, 0.1) is 6.54 Å². The lowest BCUT2D eigenvalue weighted by Gasteiger charge is -2.36. The van der Waals surface area contributed by atoms with Crippen molar-refractivity contribution in [2.24, 2.45) is 0 Å². The zero-order valence-corrected chi connectivity index (χ0v) is 12.1. The number of hydrogen-bond acceptors (Lipinski definition) is 4. The standard InChI is InChI=1S/C14H16F4N4/c1-10-2-3-12(20-11(10)8-19)22-6-4-21(5-7-22)9-14(17,18)13(15)16/h2-3,13H,4-7,9H2,1H3. The molecule has 0 unspecified atom stereocenters. The lowest BCUT2D eigenvalue weighted by molar-refractivity contribution is -0.142. The molecular weight excluding hydrogens is 300 g/mol. The van der Waals surface area contributed by atoms with Crippen LogP contribution in [0.2, 0.25) is 0 Å². The van der Waals surface area contributed by atoms with Crippen LogP contribution in [0.5, 0.6) is 0 Å². The normalized spacial score (nSPS) is 16.9. The first-order valence-electron chi connectivity index (χ1n) is 6.84. The van der Waals surface area contributed by atoms with Crippen molar-refractivity contribution in [1.29, 1.82) is 5.26 Å². The molecule has 0 spiro atoms. The largest absolute Gasteiger partial charge is 0.354 e. The first kappa shape index (κ1) is 16.5. The molecule has 0 N–H and O–H groups in total. The van der Waals surface area contributed by atoms with Gasteiger partial charge in [0, 0.05) is 26.2 Å². The molecule has 0 aliphatic carbocycles. The molecule has 1 aliphatic heterocycles. The van der Waals surface area contributed by atoms with Crippen LogP contribution in [0, 0.1) is 18.3 Å². The molecule has 1 saturated heterocycles. The lowest BCUT2D eigenvalue weighted by atomic mass is 10.2. The fourth-order valence-corrected chi connectivity index (χ4v) is 2.31. The van der Waals surface area contributed by atoms with Gasteiger partial charge in [-0.05, 0) is 18.6 Å². The maximum Gasteiger partial charge on any atom is 0.319 e. The van der Waals surface area contributed by atoms with Crippen LogP contribution in [0.3, 0.4) is 0 Å². The Morgan fingerprint density at radius 1 is 1.27 bits per heavy atom. The minimum atomic E-state index is -3.99. The molecule has 1 aromatic heterocycles. The van der Waals surface area contributed by atoms with Crippen LogP contribution >= 0.6 is 0 Å². The quantitative estimate of drug-likeness (QED) is 0.800. The van der Waals surface area contributed by atoms with Crippen LogP contribution in [-0.2, 0) is 0 Å². The van der Waals surface area contributed by atoms with E-state index in [9.17, 15) is 17.6 Å². The van der Waals surface area contributed by atoms with Crippen molar-refractivity contribution in [2.45, 2.75) is 19.3 Å². The van der Waals surface area contributed by atoms with E-state index in [4.69, 9.17) is 5.26 Å². The van der Waals surface area contributed by atoms with Crippen LogP contribution in [-0.4, -0.2) is 55.0 Å². The van der Waals surface area contributed by atoms with Crippen LogP contribution in [0.4, 0.5) is 23.4 Å². The molecule has 22 heavy (non-hydrogen) atoms. The summed E-state index contributed by atoms with van der Waals surface area (Å²) in [6, 6.07) is 5.54. The summed E-state index contributed by atoms with van der Waals surface area (Å²) >= 11 is 0. The Morgan fingerprint density at radius 2 is 1.91 bits per heavy atom. The summed E-state index contributed by atoms with van der Waals surface area (Å²) in [6.07, 6.45) is -3.65. The summed E-state index contributed by atoms with van der Waals surface area (Å²) in [7, 11) is 0. The summed E-state index contributed by atoms with van der Waals surface area (Å²) in [6.45, 7) is 2.14. The molecule has 0 radical (unpaired) electrons. The number of anilines is 1. The number of nitriles is 1. The molecule has 1 aromatic rings. The van der Waals surface area contributed by atoms with E-state index in [0.717, 1.165) is 5.56 Å². The van der Waals surface area contributed by atoms with Gasteiger partial charge in [-0.1, -0.05) is 6.07 Å². The topological polar surface area (TPSA) is 43.2 Å². The Kier molecular flexibility index (Phi) is 4.86. The molecule has 0 saturated carbocycles. The fraction of sp³-hybridized carbons (Fsp3) is 0.571. The van der Waals surface area contributed by atoms with E-state index in [1.54, 1.807) is 19.1 Å². The number of halogens is 4. The SMILES string of the molecule is Cc1ccc(N2CCN(CC(F)(F)C(F)F)CC2)nc1C#N. The summed E-state index contributed by atoms with van der Waals surface area (Å²) < 4.78 is 50.5. The second-order valence-electron chi connectivity index (χ2n) is 5.27. The number of aromatic nitrogens is 1. The predicted octanol–water partition coefficient (Wildman–Crippen LogP) is 2.28. The van der Waals surface area contributed by atoms with Gasteiger partial charge in [0.2, 0.25) is 0 Å². The van der Waals surface area contributed by atoms with Gasteiger partial charge in [0.15, 0.2) is 0 Å². The molecule has 1 fully saturated rings. The average molecular weight is 316 g/mol. The average Bonchev–Trinajstić information content (AvgIpc) is 2.48. The van der Waals surface area contributed by atoms with Crippen molar-refractivity contribution in [3.8, 4) is 6.07 Å². The van der Waals surface area contributed by atoms with E-state index < -0.39 is 18.9 Å².